The van der Waals surface area contributed by atoms with Crippen LogP contribution in [0.2, 0.25) is 0 Å². The molecule has 2 N–H and O–H groups in total. The number of hydrogen-bond donors (Lipinski definition) is 2. The van der Waals surface area contributed by atoms with Crippen LogP contribution in [-0.4, -0.2) is 16.3 Å². The lowest BCUT2D eigenvalue weighted by Gasteiger charge is -2.15. The molecule has 4 nitrogen and oxygen atoms in total. The molecule has 4 heteroatoms. The van der Waals surface area contributed by atoms with Crippen molar-refractivity contribution in [3.63, 3.8) is 0 Å². The third-order valence-electron chi connectivity index (χ3n) is 4.11. The number of hydrogen-bond acceptors (Lipinski definition) is 3. The van der Waals surface area contributed by atoms with Gasteiger partial charge < -0.3 is 10.6 Å². The Bertz CT molecular complexity index is 640. The molecule has 0 unspecified atom stereocenters. The van der Waals surface area contributed by atoms with Crippen molar-refractivity contribution in [3.8, 4) is 0 Å². The number of aryl methyl sites for hydroxylation is 1. The Morgan fingerprint density at radius 3 is 3.05 bits per heavy atom. The second-order valence-electron chi connectivity index (χ2n) is 5.87. The molecule has 0 saturated heterocycles. The Labute approximate surface area is 119 Å². The molecule has 2 aromatic rings. The molecule has 0 atom stereocenters. The third-order valence-corrected chi connectivity index (χ3v) is 4.11. The first-order valence-electron chi connectivity index (χ1n) is 7.46. The molecule has 104 valence electrons. The van der Waals surface area contributed by atoms with E-state index in [0.29, 0.717) is 6.04 Å². The molecule has 1 aromatic carbocycles. The van der Waals surface area contributed by atoms with Gasteiger partial charge in [-0.2, -0.15) is 5.10 Å². The molecule has 2 aliphatic rings. The van der Waals surface area contributed by atoms with E-state index in [2.05, 4.69) is 46.5 Å². The molecule has 1 aliphatic carbocycles. The average Bonchev–Trinajstić information content (AvgIpc) is 3.23. The smallest absolute Gasteiger partial charge is 0.133 e. The summed E-state index contributed by atoms with van der Waals surface area (Å²) in [6.07, 6.45) is 3.56. The zero-order valence-electron chi connectivity index (χ0n) is 11.8. The van der Waals surface area contributed by atoms with Gasteiger partial charge in [-0.05, 0) is 37.5 Å². The van der Waals surface area contributed by atoms with Gasteiger partial charge in [-0.1, -0.05) is 12.1 Å². The van der Waals surface area contributed by atoms with E-state index in [9.17, 15) is 0 Å². The van der Waals surface area contributed by atoms with Gasteiger partial charge in [-0.25, -0.2) is 4.68 Å². The van der Waals surface area contributed by atoms with E-state index in [4.69, 9.17) is 5.10 Å². The van der Waals surface area contributed by atoms with Crippen molar-refractivity contribution in [1.82, 2.24) is 15.1 Å². The zero-order chi connectivity index (χ0) is 13.5. The quantitative estimate of drug-likeness (QED) is 0.899. The summed E-state index contributed by atoms with van der Waals surface area (Å²) in [5.74, 6) is 1.19. The minimum absolute atomic E-state index is 0.605. The highest BCUT2D eigenvalue weighted by Gasteiger charge is 2.30. The first-order valence-corrected chi connectivity index (χ1v) is 7.46. The van der Waals surface area contributed by atoms with Crippen LogP contribution < -0.4 is 10.6 Å². The highest BCUT2D eigenvalue weighted by atomic mass is 15.4. The lowest BCUT2D eigenvalue weighted by Crippen LogP contribution is -2.23. The maximum atomic E-state index is 4.85. The summed E-state index contributed by atoms with van der Waals surface area (Å²) in [5, 5.41) is 11.9. The molecule has 2 heterocycles. The van der Waals surface area contributed by atoms with E-state index in [1.807, 2.05) is 0 Å². The van der Waals surface area contributed by atoms with Crippen LogP contribution in [0.1, 0.15) is 35.7 Å². The maximum Gasteiger partial charge on any atom is 0.133 e. The lowest BCUT2D eigenvalue weighted by molar-refractivity contribution is 0.614. The van der Waals surface area contributed by atoms with E-state index in [1.54, 1.807) is 0 Å². The van der Waals surface area contributed by atoms with Crippen LogP contribution in [0, 0.1) is 6.92 Å². The second kappa shape index (κ2) is 4.63. The molecule has 0 spiro atoms. The highest BCUT2D eigenvalue weighted by molar-refractivity contribution is 5.62. The summed E-state index contributed by atoms with van der Waals surface area (Å²) >= 11 is 0. The number of anilines is 2. The van der Waals surface area contributed by atoms with Crippen molar-refractivity contribution < 1.29 is 0 Å². The lowest BCUT2D eigenvalue weighted by atomic mass is 10.1. The maximum absolute atomic E-state index is 4.85. The van der Waals surface area contributed by atoms with Crippen LogP contribution >= 0.6 is 0 Å². The molecule has 4 rings (SSSR count). The van der Waals surface area contributed by atoms with Crippen LogP contribution in [0.25, 0.3) is 0 Å². The van der Waals surface area contributed by atoms with Gasteiger partial charge in [-0.15, -0.1) is 0 Å². The number of benzene rings is 1. The molecular formula is C16H20N4. The Hall–Kier alpha value is -1.81. The molecule has 1 aromatic heterocycles. The molecule has 0 amide bonds. The van der Waals surface area contributed by atoms with Gasteiger partial charge in [-0.3, -0.25) is 0 Å². The first kappa shape index (κ1) is 12.0. The normalized spacial score (nSPS) is 17.9. The van der Waals surface area contributed by atoms with Crippen molar-refractivity contribution >= 4 is 11.5 Å². The predicted molar refractivity (Wildman–Crippen MR) is 80.4 cm³/mol. The molecular weight excluding hydrogens is 248 g/mol. The fourth-order valence-corrected chi connectivity index (χ4v) is 2.90. The van der Waals surface area contributed by atoms with Crippen LogP contribution in [0.15, 0.2) is 24.3 Å². The first-order chi connectivity index (χ1) is 9.81. The molecule has 0 bridgehead atoms. The summed E-state index contributed by atoms with van der Waals surface area (Å²) < 4.78 is 2.22. The molecule has 0 radical (unpaired) electrons. The van der Waals surface area contributed by atoms with Crippen LogP contribution in [0.4, 0.5) is 11.5 Å². The Morgan fingerprint density at radius 1 is 1.35 bits per heavy atom. The number of nitrogens with one attached hydrogen (secondary N) is 2. The van der Waals surface area contributed by atoms with E-state index in [0.717, 1.165) is 25.2 Å². The van der Waals surface area contributed by atoms with E-state index in [1.165, 1.54) is 35.5 Å². The standard InChI is InChI=1S/C16H20N4/c1-11-3-2-4-12(9-11)18-16-14-10-17-8-7-15(14)19-20(16)13-5-6-13/h2-4,9,13,17-18H,5-8,10H2,1H3. The molecule has 1 saturated carbocycles. The summed E-state index contributed by atoms with van der Waals surface area (Å²) in [5.41, 5.74) is 5.05. The van der Waals surface area contributed by atoms with Gasteiger partial charge in [0.1, 0.15) is 5.82 Å². The van der Waals surface area contributed by atoms with Crippen molar-refractivity contribution in [2.45, 2.75) is 38.8 Å². The van der Waals surface area contributed by atoms with Gasteiger partial charge >= 0.3 is 0 Å². The number of nitrogens with zero attached hydrogens (tertiary/aromatic N) is 2. The Kier molecular flexibility index (Phi) is 2.77. The minimum atomic E-state index is 0.605. The van der Waals surface area contributed by atoms with Crippen LogP contribution in [-0.2, 0) is 13.0 Å². The largest absolute Gasteiger partial charge is 0.340 e. The Morgan fingerprint density at radius 2 is 2.25 bits per heavy atom. The summed E-state index contributed by atoms with van der Waals surface area (Å²) in [6, 6.07) is 9.14. The van der Waals surface area contributed by atoms with Crippen molar-refractivity contribution in [3.05, 3.63) is 41.1 Å². The number of aromatic nitrogens is 2. The highest BCUT2D eigenvalue weighted by Crippen LogP contribution is 2.40. The van der Waals surface area contributed by atoms with Gasteiger partial charge in [0.25, 0.3) is 0 Å². The summed E-state index contributed by atoms with van der Waals surface area (Å²) in [4.78, 5) is 0. The number of fused-ring (bicyclic) bond motifs is 1. The van der Waals surface area contributed by atoms with Gasteiger partial charge in [0.15, 0.2) is 0 Å². The molecule has 1 fully saturated rings. The summed E-state index contributed by atoms with van der Waals surface area (Å²) in [6.45, 7) is 4.09. The van der Waals surface area contributed by atoms with Gasteiger partial charge in [0.2, 0.25) is 0 Å². The summed E-state index contributed by atoms with van der Waals surface area (Å²) in [7, 11) is 0. The van der Waals surface area contributed by atoms with Gasteiger partial charge in [0, 0.05) is 30.8 Å². The van der Waals surface area contributed by atoms with Crippen molar-refractivity contribution in [2.24, 2.45) is 0 Å². The van der Waals surface area contributed by atoms with Crippen molar-refractivity contribution in [1.29, 1.82) is 0 Å². The minimum Gasteiger partial charge on any atom is -0.340 e. The SMILES string of the molecule is Cc1cccc(Nc2c3c(nn2C2CC2)CCNC3)c1. The fourth-order valence-electron chi connectivity index (χ4n) is 2.90. The fraction of sp³-hybridized carbons (Fsp3) is 0.438. The Balaban J connectivity index is 1.74. The third kappa shape index (κ3) is 2.10. The molecule has 1 aliphatic heterocycles. The van der Waals surface area contributed by atoms with E-state index in [-0.39, 0.29) is 0 Å². The number of rotatable bonds is 3. The van der Waals surface area contributed by atoms with Gasteiger partial charge in [0.05, 0.1) is 11.7 Å². The zero-order valence-corrected chi connectivity index (χ0v) is 11.8. The predicted octanol–water partition coefficient (Wildman–Crippen LogP) is 2.92. The average molecular weight is 268 g/mol. The van der Waals surface area contributed by atoms with Crippen LogP contribution in [0.3, 0.4) is 0 Å². The van der Waals surface area contributed by atoms with E-state index < -0.39 is 0 Å². The topological polar surface area (TPSA) is 41.9 Å². The second-order valence-corrected chi connectivity index (χ2v) is 5.87. The molecule has 20 heavy (non-hydrogen) atoms. The van der Waals surface area contributed by atoms with Crippen LogP contribution in [0.5, 0.6) is 0 Å². The monoisotopic (exact) mass is 268 g/mol. The van der Waals surface area contributed by atoms with E-state index >= 15 is 0 Å². The van der Waals surface area contributed by atoms with Crippen molar-refractivity contribution in [2.75, 3.05) is 11.9 Å².